The predicted octanol–water partition coefficient (Wildman–Crippen LogP) is 2.66. The van der Waals surface area contributed by atoms with E-state index in [1.165, 1.54) is 32.4 Å². The molecule has 3 rings (SSSR count). The third-order valence-electron chi connectivity index (χ3n) is 4.56. The van der Waals surface area contributed by atoms with E-state index < -0.39 is 0 Å². The van der Waals surface area contributed by atoms with Crippen LogP contribution in [0.3, 0.4) is 0 Å². The maximum Gasteiger partial charge on any atom is 0.0126 e. The highest BCUT2D eigenvalue weighted by Crippen LogP contribution is 2.46. The highest BCUT2D eigenvalue weighted by atomic mass is 15.2. The van der Waals surface area contributed by atoms with E-state index >= 15 is 0 Å². The van der Waals surface area contributed by atoms with E-state index in [4.69, 9.17) is 0 Å². The molecule has 2 saturated carbocycles. The van der Waals surface area contributed by atoms with Gasteiger partial charge in [-0.1, -0.05) is 12.8 Å². The highest BCUT2D eigenvalue weighted by molar-refractivity contribution is 4.95. The molecule has 0 unspecified atom stereocenters. The number of piperidine rings is 1. The van der Waals surface area contributed by atoms with Gasteiger partial charge in [0.05, 0.1) is 0 Å². The summed E-state index contributed by atoms with van der Waals surface area (Å²) in [5, 5.41) is 0. The summed E-state index contributed by atoms with van der Waals surface area (Å²) in [6.45, 7) is 2.82. The van der Waals surface area contributed by atoms with Crippen LogP contribution < -0.4 is 0 Å². The molecular formula is C12H21N. The smallest absolute Gasteiger partial charge is 0.0126 e. The Morgan fingerprint density at radius 1 is 0.846 bits per heavy atom. The minimum atomic E-state index is 1.01. The molecule has 1 heterocycles. The summed E-state index contributed by atoms with van der Waals surface area (Å²) >= 11 is 0. The van der Waals surface area contributed by atoms with Gasteiger partial charge in [-0.05, 0) is 57.0 Å². The zero-order valence-electron chi connectivity index (χ0n) is 8.54. The molecule has 0 spiro atoms. The summed E-state index contributed by atoms with van der Waals surface area (Å²) in [6.07, 6.45) is 10.6. The molecule has 3 atom stereocenters. The summed E-state index contributed by atoms with van der Waals surface area (Å²) in [5.41, 5.74) is 0. The molecule has 1 nitrogen and oxygen atoms in total. The average Bonchev–Trinajstić information content (AvgIpc) is 2.80. The number of hydrogen-bond donors (Lipinski definition) is 0. The van der Waals surface area contributed by atoms with E-state index in [0.717, 1.165) is 17.9 Å². The number of rotatable bonds is 1. The maximum absolute atomic E-state index is 2.81. The van der Waals surface area contributed by atoms with Crippen molar-refractivity contribution in [2.45, 2.75) is 51.0 Å². The number of nitrogens with zero attached hydrogens (tertiary/aromatic N) is 1. The van der Waals surface area contributed by atoms with E-state index in [-0.39, 0.29) is 0 Å². The first-order valence-corrected chi connectivity index (χ1v) is 6.17. The fourth-order valence-electron chi connectivity index (χ4n) is 3.91. The van der Waals surface area contributed by atoms with Gasteiger partial charge in [-0.2, -0.15) is 0 Å². The normalized spacial score (nSPS) is 45.7. The molecule has 74 valence electrons. The lowest BCUT2D eigenvalue weighted by Crippen LogP contribution is -2.42. The molecule has 2 bridgehead atoms. The van der Waals surface area contributed by atoms with E-state index in [2.05, 4.69) is 4.90 Å². The Kier molecular flexibility index (Phi) is 2.08. The van der Waals surface area contributed by atoms with Crippen molar-refractivity contribution in [2.24, 2.45) is 11.8 Å². The molecule has 13 heavy (non-hydrogen) atoms. The fraction of sp³-hybridized carbons (Fsp3) is 1.00. The summed E-state index contributed by atoms with van der Waals surface area (Å²) in [4.78, 5) is 2.81. The molecule has 1 aliphatic heterocycles. The summed E-state index contributed by atoms with van der Waals surface area (Å²) in [6, 6.07) is 1.01. The van der Waals surface area contributed by atoms with Gasteiger partial charge < -0.3 is 4.90 Å². The predicted molar refractivity (Wildman–Crippen MR) is 54.7 cm³/mol. The van der Waals surface area contributed by atoms with Gasteiger partial charge in [-0.3, -0.25) is 0 Å². The van der Waals surface area contributed by atoms with Crippen LogP contribution in [-0.2, 0) is 0 Å². The molecule has 1 saturated heterocycles. The number of hydrogen-bond acceptors (Lipinski definition) is 1. The largest absolute Gasteiger partial charge is 0.300 e. The maximum atomic E-state index is 2.81. The van der Waals surface area contributed by atoms with Crippen molar-refractivity contribution in [3.05, 3.63) is 0 Å². The summed E-state index contributed by atoms with van der Waals surface area (Å²) in [7, 11) is 0. The highest BCUT2D eigenvalue weighted by Gasteiger charge is 2.42. The van der Waals surface area contributed by atoms with Crippen LogP contribution in [0.1, 0.15) is 44.9 Å². The quantitative estimate of drug-likeness (QED) is 0.598. The standard InChI is InChI=1S/C12H21N/c1-2-6-13(7-3-1)12-9-10-4-5-11(12)8-10/h10-12H,1-9H2/t10-,11+,12-/m1/s1. The minimum absolute atomic E-state index is 1.01. The summed E-state index contributed by atoms with van der Waals surface area (Å²) in [5.74, 6) is 2.22. The lowest BCUT2D eigenvalue weighted by atomic mass is 9.92. The van der Waals surface area contributed by atoms with E-state index in [1.807, 2.05) is 0 Å². The van der Waals surface area contributed by atoms with Crippen LogP contribution in [0.2, 0.25) is 0 Å². The van der Waals surface area contributed by atoms with Crippen LogP contribution in [0.25, 0.3) is 0 Å². The van der Waals surface area contributed by atoms with Crippen molar-refractivity contribution >= 4 is 0 Å². The number of fused-ring (bicyclic) bond motifs is 2. The first kappa shape index (κ1) is 8.28. The Labute approximate surface area is 81.5 Å². The van der Waals surface area contributed by atoms with Crippen LogP contribution in [-0.4, -0.2) is 24.0 Å². The molecular weight excluding hydrogens is 158 g/mol. The van der Waals surface area contributed by atoms with Gasteiger partial charge in [0.25, 0.3) is 0 Å². The second-order valence-electron chi connectivity index (χ2n) is 5.34. The molecule has 1 heteroatoms. The zero-order chi connectivity index (χ0) is 8.67. The monoisotopic (exact) mass is 179 g/mol. The first-order chi connectivity index (χ1) is 6.43. The van der Waals surface area contributed by atoms with Crippen molar-refractivity contribution in [3.8, 4) is 0 Å². The van der Waals surface area contributed by atoms with E-state index in [1.54, 1.807) is 25.7 Å². The summed E-state index contributed by atoms with van der Waals surface area (Å²) < 4.78 is 0. The van der Waals surface area contributed by atoms with Crippen LogP contribution >= 0.6 is 0 Å². The van der Waals surface area contributed by atoms with Crippen molar-refractivity contribution in [3.63, 3.8) is 0 Å². The molecule has 2 aliphatic carbocycles. The Morgan fingerprint density at radius 3 is 2.31 bits per heavy atom. The Hall–Kier alpha value is -0.0400. The first-order valence-electron chi connectivity index (χ1n) is 6.17. The van der Waals surface area contributed by atoms with Gasteiger partial charge in [0.1, 0.15) is 0 Å². The Balaban J connectivity index is 1.65. The lowest BCUT2D eigenvalue weighted by molar-refractivity contribution is 0.119. The zero-order valence-corrected chi connectivity index (χ0v) is 8.54. The fourth-order valence-corrected chi connectivity index (χ4v) is 3.91. The average molecular weight is 179 g/mol. The van der Waals surface area contributed by atoms with Crippen LogP contribution in [0.15, 0.2) is 0 Å². The van der Waals surface area contributed by atoms with Gasteiger partial charge in [-0.25, -0.2) is 0 Å². The topological polar surface area (TPSA) is 3.24 Å². The van der Waals surface area contributed by atoms with Gasteiger partial charge in [0.15, 0.2) is 0 Å². The molecule has 3 aliphatic rings. The molecule has 3 fully saturated rings. The van der Waals surface area contributed by atoms with Crippen molar-refractivity contribution < 1.29 is 0 Å². The van der Waals surface area contributed by atoms with Crippen LogP contribution in [0.4, 0.5) is 0 Å². The Morgan fingerprint density at radius 2 is 1.69 bits per heavy atom. The van der Waals surface area contributed by atoms with E-state index in [9.17, 15) is 0 Å². The molecule has 0 aromatic rings. The Bertz CT molecular complexity index is 184. The SMILES string of the molecule is C1CCN([C@@H]2C[C@@H]3CC[C@H]2C3)CC1. The lowest BCUT2D eigenvalue weighted by Gasteiger charge is -2.37. The van der Waals surface area contributed by atoms with Gasteiger partial charge in [0, 0.05) is 6.04 Å². The van der Waals surface area contributed by atoms with Gasteiger partial charge in [-0.15, -0.1) is 0 Å². The van der Waals surface area contributed by atoms with E-state index in [0.29, 0.717) is 0 Å². The van der Waals surface area contributed by atoms with Crippen molar-refractivity contribution in [1.82, 2.24) is 4.90 Å². The molecule has 0 aromatic carbocycles. The minimum Gasteiger partial charge on any atom is -0.300 e. The van der Waals surface area contributed by atoms with Crippen LogP contribution in [0.5, 0.6) is 0 Å². The molecule has 0 amide bonds. The van der Waals surface area contributed by atoms with Crippen molar-refractivity contribution in [2.75, 3.05) is 13.1 Å². The van der Waals surface area contributed by atoms with Gasteiger partial charge in [0.2, 0.25) is 0 Å². The second kappa shape index (κ2) is 3.27. The third-order valence-corrected chi connectivity index (χ3v) is 4.56. The van der Waals surface area contributed by atoms with Crippen molar-refractivity contribution in [1.29, 1.82) is 0 Å². The molecule has 0 radical (unpaired) electrons. The van der Waals surface area contributed by atoms with Crippen LogP contribution in [0, 0.1) is 11.8 Å². The van der Waals surface area contributed by atoms with Gasteiger partial charge >= 0.3 is 0 Å². The molecule has 0 N–H and O–H groups in total. The molecule has 0 aromatic heterocycles. The number of likely N-dealkylation sites (tertiary alicyclic amines) is 1. The second-order valence-corrected chi connectivity index (χ2v) is 5.34. The third kappa shape index (κ3) is 1.41.